The zero-order valence-corrected chi connectivity index (χ0v) is 12.5. The van der Waals surface area contributed by atoms with Gasteiger partial charge in [-0.1, -0.05) is 41.9 Å². The van der Waals surface area contributed by atoms with E-state index in [0.717, 1.165) is 5.56 Å². The van der Waals surface area contributed by atoms with Crippen LogP contribution in [0, 0.1) is 0 Å². The summed E-state index contributed by atoms with van der Waals surface area (Å²) >= 11 is 7.21. The summed E-state index contributed by atoms with van der Waals surface area (Å²) in [6, 6.07) is 14.8. The summed E-state index contributed by atoms with van der Waals surface area (Å²) in [6.07, 6.45) is 0. The van der Waals surface area contributed by atoms with Crippen molar-refractivity contribution in [2.45, 2.75) is 10.6 Å². The number of hydrogen-bond acceptors (Lipinski definition) is 3. The van der Waals surface area contributed by atoms with Crippen LogP contribution in [0.15, 0.2) is 58.2 Å². The van der Waals surface area contributed by atoms with Gasteiger partial charge >= 0.3 is 0 Å². The number of benzene rings is 2. The van der Waals surface area contributed by atoms with Crippen molar-refractivity contribution in [1.29, 1.82) is 0 Å². The number of aromatic amines is 1. The molecule has 0 unspecified atom stereocenters. The van der Waals surface area contributed by atoms with Crippen molar-refractivity contribution in [3.8, 4) is 5.75 Å². The van der Waals surface area contributed by atoms with Crippen molar-refractivity contribution < 1.29 is 5.11 Å². The van der Waals surface area contributed by atoms with Gasteiger partial charge in [0.1, 0.15) is 10.6 Å². The molecule has 1 heterocycles. The molecule has 2 N–H and O–H groups in total. The number of fused-ring (bicyclic) bond motifs is 1. The minimum absolute atomic E-state index is 0.00588. The molecular weight excluding hydrogens is 306 g/mol. The fourth-order valence-electron chi connectivity index (χ4n) is 2.10. The summed E-state index contributed by atoms with van der Waals surface area (Å²) in [5.74, 6) is 0.627. The molecule has 2 aromatic carbocycles. The SMILES string of the molecule is O=c1[nH]c2cc(Cl)ccc2c(O)c1SCc1ccccc1. The Labute approximate surface area is 130 Å². The maximum absolute atomic E-state index is 12.1. The summed E-state index contributed by atoms with van der Waals surface area (Å²) in [6.45, 7) is 0. The lowest BCUT2D eigenvalue weighted by Gasteiger charge is -2.07. The number of halogens is 1. The fraction of sp³-hybridized carbons (Fsp3) is 0.0625. The van der Waals surface area contributed by atoms with Gasteiger partial charge < -0.3 is 10.1 Å². The zero-order valence-electron chi connectivity index (χ0n) is 11.0. The average molecular weight is 318 g/mol. The lowest BCUT2D eigenvalue weighted by molar-refractivity contribution is 0.467. The number of nitrogens with one attached hydrogen (secondary N) is 1. The van der Waals surface area contributed by atoms with E-state index in [9.17, 15) is 9.90 Å². The van der Waals surface area contributed by atoms with Gasteiger partial charge in [0.2, 0.25) is 0 Å². The minimum atomic E-state index is -0.303. The first kappa shape index (κ1) is 14.0. The van der Waals surface area contributed by atoms with E-state index < -0.39 is 0 Å². The number of rotatable bonds is 3. The Morgan fingerprint density at radius 3 is 2.67 bits per heavy atom. The van der Waals surface area contributed by atoms with Gasteiger partial charge in [-0.15, -0.1) is 11.8 Å². The Balaban J connectivity index is 1.99. The lowest BCUT2D eigenvalue weighted by atomic mass is 10.2. The van der Waals surface area contributed by atoms with Crippen LogP contribution in [0.2, 0.25) is 5.02 Å². The predicted octanol–water partition coefficient (Wildman–Crippen LogP) is 4.18. The standard InChI is InChI=1S/C16H12ClNO2S/c17-11-6-7-12-13(8-11)18-16(20)15(14(12)19)21-9-10-4-2-1-3-5-10/h1-8H,9H2,(H2,18,19,20). The van der Waals surface area contributed by atoms with Crippen molar-refractivity contribution in [2.75, 3.05) is 0 Å². The number of hydrogen-bond donors (Lipinski definition) is 2. The van der Waals surface area contributed by atoms with Crippen LogP contribution in [-0.4, -0.2) is 10.1 Å². The van der Waals surface area contributed by atoms with Gasteiger partial charge in [-0.05, 0) is 23.8 Å². The van der Waals surface area contributed by atoms with Crippen LogP contribution in [0.1, 0.15) is 5.56 Å². The Morgan fingerprint density at radius 2 is 1.90 bits per heavy atom. The third-order valence-electron chi connectivity index (χ3n) is 3.13. The molecule has 3 aromatic rings. The molecular formula is C16H12ClNO2S. The molecule has 0 amide bonds. The van der Waals surface area contributed by atoms with E-state index >= 15 is 0 Å². The second kappa shape index (κ2) is 5.84. The summed E-state index contributed by atoms with van der Waals surface area (Å²) < 4.78 is 0. The quantitative estimate of drug-likeness (QED) is 0.712. The number of aromatic hydroxyl groups is 1. The maximum atomic E-state index is 12.1. The third kappa shape index (κ3) is 2.91. The zero-order chi connectivity index (χ0) is 14.8. The van der Waals surface area contributed by atoms with Crippen LogP contribution < -0.4 is 5.56 Å². The Bertz CT molecular complexity index is 846. The van der Waals surface area contributed by atoms with E-state index in [0.29, 0.717) is 26.6 Å². The number of H-pyrrole nitrogens is 1. The summed E-state index contributed by atoms with van der Waals surface area (Å²) in [5.41, 5.74) is 1.33. The highest BCUT2D eigenvalue weighted by molar-refractivity contribution is 7.98. The van der Waals surface area contributed by atoms with Crippen molar-refractivity contribution in [3.63, 3.8) is 0 Å². The maximum Gasteiger partial charge on any atom is 0.265 e. The molecule has 5 heteroatoms. The Kier molecular flexibility index (Phi) is 3.90. The molecule has 0 aliphatic rings. The van der Waals surface area contributed by atoms with Gasteiger partial charge in [0.15, 0.2) is 0 Å². The van der Waals surface area contributed by atoms with E-state index in [1.807, 2.05) is 30.3 Å². The van der Waals surface area contributed by atoms with Crippen molar-refractivity contribution in [3.05, 3.63) is 69.5 Å². The molecule has 1 aromatic heterocycles. The lowest BCUT2D eigenvalue weighted by Crippen LogP contribution is -2.08. The van der Waals surface area contributed by atoms with Crippen LogP contribution in [0.4, 0.5) is 0 Å². The summed E-state index contributed by atoms with van der Waals surface area (Å²) in [5, 5.41) is 11.4. The molecule has 0 saturated heterocycles. The summed E-state index contributed by atoms with van der Waals surface area (Å²) in [7, 11) is 0. The van der Waals surface area contributed by atoms with Crippen LogP contribution in [0.25, 0.3) is 10.9 Å². The molecule has 0 saturated carbocycles. The first-order valence-electron chi connectivity index (χ1n) is 6.36. The second-order valence-corrected chi connectivity index (χ2v) is 6.02. The van der Waals surface area contributed by atoms with Gasteiger partial charge in [-0.2, -0.15) is 0 Å². The summed E-state index contributed by atoms with van der Waals surface area (Å²) in [4.78, 5) is 15.2. The minimum Gasteiger partial charge on any atom is -0.506 e. The van der Waals surface area contributed by atoms with Crippen LogP contribution in [0.3, 0.4) is 0 Å². The van der Waals surface area contributed by atoms with E-state index in [-0.39, 0.29) is 11.3 Å². The monoisotopic (exact) mass is 317 g/mol. The fourth-order valence-corrected chi connectivity index (χ4v) is 3.20. The number of thioether (sulfide) groups is 1. The van der Waals surface area contributed by atoms with E-state index in [1.54, 1.807) is 18.2 Å². The number of aromatic nitrogens is 1. The first-order valence-corrected chi connectivity index (χ1v) is 7.73. The van der Waals surface area contributed by atoms with Gasteiger partial charge in [0.05, 0.1) is 5.52 Å². The Hall–Kier alpha value is -1.91. The molecule has 0 aliphatic heterocycles. The normalized spacial score (nSPS) is 10.9. The highest BCUT2D eigenvalue weighted by Crippen LogP contribution is 2.33. The second-order valence-electron chi connectivity index (χ2n) is 4.60. The largest absolute Gasteiger partial charge is 0.506 e. The molecule has 0 atom stereocenters. The molecule has 106 valence electrons. The van der Waals surface area contributed by atoms with Crippen molar-refractivity contribution >= 4 is 34.3 Å². The highest BCUT2D eigenvalue weighted by atomic mass is 35.5. The Morgan fingerprint density at radius 1 is 1.14 bits per heavy atom. The van der Waals surface area contributed by atoms with Crippen LogP contribution in [0.5, 0.6) is 5.75 Å². The molecule has 21 heavy (non-hydrogen) atoms. The molecule has 3 rings (SSSR count). The predicted molar refractivity (Wildman–Crippen MR) is 87.2 cm³/mol. The average Bonchev–Trinajstić information content (AvgIpc) is 2.47. The van der Waals surface area contributed by atoms with Crippen LogP contribution >= 0.6 is 23.4 Å². The van der Waals surface area contributed by atoms with E-state index in [1.165, 1.54) is 11.8 Å². The molecule has 0 aliphatic carbocycles. The topological polar surface area (TPSA) is 53.1 Å². The van der Waals surface area contributed by atoms with Gasteiger partial charge in [-0.25, -0.2) is 0 Å². The first-order chi connectivity index (χ1) is 10.1. The van der Waals surface area contributed by atoms with Gasteiger partial charge in [0.25, 0.3) is 5.56 Å². The molecule has 0 radical (unpaired) electrons. The number of pyridine rings is 1. The van der Waals surface area contributed by atoms with Gasteiger partial charge in [0, 0.05) is 16.2 Å². The van der Waals surface area contributed by atoms with Gasteiger partial charge in [-0.3, -0.25) is 4.79 Å². The van der Waals surface area contributed by atoms with E-state index in [4.69, 9.17) is 11.6 Å². The third-order valence-corrected chi connectivity index (χ3v) is 4.51. The van der Waals surface area contributed by atoms with Crippen LogP contribution in [-0.2, 0) is 5.75 Å². The van der Waals surface area contributed by atoms with Crippen molar-refractivity contribution in [2.24, 2.45) is 0 Å². The molecule has 0 spiro atoms. The molecule has 0 fully saturated rings. The molecule has 3 nitrogen and oxygen atoms in total. The highest BCUT2D eigenvalue weighted by Gasteiger charge is 2.12. The van der Waals surface area contributed by atoms with E-state index in [2.05, 4.69) is 4.98 Å². The van der Waals surface area contributed by atoms with Crippen molar-refractivity contribution in [1.82, 2.24) is 4.98 Å². The molecule has 0 bridgehead atoms. The smallest absolute Gasteiger partial charge is 0.265 e.